The largest absolute Gasteiger partial charge is 0.444 e. The summed E-state index contributed by atoms with van der Waals surface area (Å²) >= 11 is 0. The van der Waals surface area contributed by atoms with Crippen molar-refractivity contribution in [3.05, 3.63) is 23.8 Å². The molecule has 0 aliphatic carbocycles. The Labute approximate surface area is 108 Å². The Morgan fingerprint density at radius 2 is 1.89 bits per heavy atom. The Kier molecular flexibility index (Phi) is 3.94. The summed E-state index contributed by atoms with van der Waals surface area (Å²) in [6, 6.07) is 1.81. The van der Waals surface area contributed by atoms with Crippen LogP contribution in [0.5, 0.6) is 0 Å². The van der Waals surface area contributed by atoms with E-state index in [1.165, 1.54) is 0 Å². The second-order valence-corrected chi connectivity index (χ2v) is 5.77. The number of carbonyl (C=O) groups is 1. The zero-order chi connectivity index (χ0) is 14.0. The molecule has 0 radical (unpaired) electrons. The molecule has 1 N–H and O–H groups in total. The topological polar surface area (TPSA) is 64.1 Å². The van der Waals surface area contributed by atoms with Gasteiger partial charge in [0.2, 0.25) is 0 Å². The van der Waals surface area contributed by atoms with Crippen LogP contribution >= 0.6 is 0 Å². The molecule has 100 valence electrons. The molecule has 0 bridgehead atoms. The van der Waals surface area contributed by atoms with Crippen LogP contribution in [0.15, 0.2) is 12.3 Å². The maximum atomic E-state index is 11.7. The van der Waals surface area contributed by atoms with Gasteiger partial charge in [0.1, 0.15) is 5.60 Å². The maximum Gasteiger partial charge on any atom is 0.408 e. The van der Waals surface area contributed by atoms with Crippen molar-refractivity contribution in [3.8, 4) is 0 Å². The molecule has 1 aromatic rings. The molecule has 0 saturated carbocycles. The Balaban J connectivity index is 2.79. The maximum absolute atomic E-state index is 11.7. The number of aromatic nitrogens is 2. The van der Waals surface area contributed by atoms with E-state index < -0.39 is 17.2 Å². The molecule has 1 amide bonds. The van der Waals surface area contributed by atoms with Crippen molar-refractivity contribution >= 4 is 6.09 Å². The van der Waals surface area contributed by atoms with E-state index in [1.54, 1.807) is 6.20 Å². The predicted molar refractivity (Wildman–Crippen MR) is 69.2 cm³/mol. The second kappa shape index (κ2) is 4.92. The summed E-state index contributed by atoms with van der Waals surface area (Å²) in [6.45, 7) is 11.0. The fraction of sp³-hybridized carbons (Fsp3) is 0.615. The average Bonchev–Trinajstić information content (AvgIpc) is 2.13. The third kappa shape index (κ3) is 4.31. The Morgan fingerprint density at radius 3 is 2.39 bits per heavy atom. The first-order valence-electron chi connectivity index (χ1n) is 5.91. The fourth-order valence-corrected chi connectivity index (χ4v) is 1.36. The van der Waals surface area contributed by atoms with Gasteiger partial charge in [-0.25, -0.2) is 14.8 Å². The number of ether oxygens (including phenoxy) is 1. The molecule has 5 heteroatoms. The predicted octanol–water partition coefficient (Wildman–Crippen LogP) is 2.54. The zero-order valence-corrected chi connectivity index (χ0v) is 11.9. The van der Waals surface area contributed by atoms with Gasteiger partial charge in [0, 0.05) is 11.9 Å². The molecule has 5 nitrogen and oxygen atoms in total. The van der Waals surface area contributed by atoms with Crippen molar-refractivity contribution < 1.29 is 9.53 Å². The van der Waals surface area contributed by atoms with E-state index in [0.29, 0.717) is 5.82 Å². The molecule has 0 unspecified atom stereocenters. The third-order valence-electron chi connectivity index (χ3n) is 2.17. The Bertz CT molecular complexity index is 436. The zero-order valence-electron chi connectivity index (χ0n) is 11.9. The summed E-state index contributed by atoms with van der Waals surface area (Å²) in [7, 11) is 0. The molecule has 0 aromatic carbocycles. The highest BCUT2D eigenvalue weighted by molar-refractivity contribution is 5.68. The standard InChI is InChI=1S/C13H21N3O2/c1-9-7-8-14-10(15-9)13(5,6)16-11(17)18-12(2,3)4/h7-8H,1-6H3,(H,16,17). The van der Waals surface area contributed by atoms with Crippen molar-refractivity contribution in [2.24, 2.45) is 0 Å². The van der Waals surface area contributed by atoms with Gasteiger partial charge in [0.25, 0.3) is 0 Å². The highest BCUT2D eigenvalue weighted by Crippen LogP contribution is 2.17. The van der Waals surface area contributed by atoms with Gasteiger partial charge in [-0.15, -0.1) is 0 Å². The third-order valence-corrected chi connectivity index (χ3v) is 2.17. The first-order valence-corrected chi connectivity index (χ1v) is 5.91. The molecule has 1 heterocycles. The van der Waals surface area contributed by atoms with Crippen LogP contribution in [0.1, 0.15) is 46.1 Å². The van der Waals surface area contributed by atoms with Gasteiger partial charge >= 0.3 is 6.09 Å². The van der Waals surface area contributed by atoms with Gasteiger partial charge in [-0.3, -0.25) is 0 Å². The van der Waals surface area contributed by atoms with Crippen LogP contribution in [0.2, 0.25) is 0 Å². The summed E-state index contributed by atoms with van der Waals surface area (Å²) < 4.78 is 5.22. The first kappa shape index (κ1) is 14.4. The van der Waals surface area contributed by atoms with Gasteiger partial charge in [-0.05, 0) is 47.6 Å². The van der Waals surface area contributed by atoms with Crippen LogP contribution in [-0.2, 0) is 10.3 Å². The minimum absolute atomic E-state index is 0.474. The summed E-state index contributed by atoms with van der Waals surface area (Å²) in [5, 5.41) is 2.77. The molecule has 0 spiro atoms. The summed E-state index contributed by atoms with van der Waals surface area (Å²) in [6.07, 6.45) is 1.20. The molecule has 0 aliphatic heterocycles. The van der Waals surface area contributed by atoms with Crippen LogP contribution in [-0.4, -0.2) is 21.7 Å². The molecule has 0 atom stereocenters. The van der Waals surface area contributed by atoms with Crippen LogP contribution in [0, 0.1) is 6.92 Å². The smallest absolute Gasteiger partial charge is 0.408 e. The number of alkyl carbamates (subject to hydrolysis) is 1. The number of hydrogen-bond donors (Lipinski definition) is 1. The van der Waals surface area contributed by atoms with Crippen LogP contribution in [0.4, 0.5) is 4.79 Å². The SMILES string of the molecule is Cc1ccnc(C(C)(C)NC(=O)OC(C)(C)C)n1. The molecule has 0 fully saturated rings. The summed E-state index contributed by atoms with van der Waals surface area (Å²) in [5.41, 5.74) is -0.332. The monoisotopic (exact) mass is 251 g/mol. The molecule has 1 rings (SSSR count). The van der Waals surface area contributed by atoms with Crippen molar-refractivity contribution in [3.63, 3.8) is 0 Å². The lowest BCUT2D eigenvalue weighted by Gasteiger charge is -2.27. The van der Waals surface area contributed by atoms with Crippen molar-refractivity contribution in [1.29, 1.82) is 0 Å². The Hall–Kier alpha value is -1.65. The Morgan fingerprint density at radius 1 is 1.28 bits per heavy atom. The second-order valence-electron chi connectivity index (χ2n) is 5.77. The van der Waals surface area contributed by atoms with Crippen molar-refractivity contribution in [1.82, 2.24) is 15.3 Å². The van der Waals surface area contributed by atoms with E-state index >= 15 is 0 Å². The number of nitrogens with one attached hydrogen (secondary N) is 1. The minimum atomic E-state index is -0.672. The molecular formula is C13H21N3O2. The lowest BCUT2D eigenvalue weighted by atomic mass is 10.1. The van der Waals surface area contributed by atoms with Crippen LogP contribution < -0.4 is 5.32 Å². The summed E-state index contributed by atoms with van der Waals surface area (Å²) in [4.78, 5) is 20.2. The highest BCUT2D eigenvalue weighted by Gasteiger charge is 2.28. The first-order chi connectivity index (χ1) is 8.10. The minimum Gasteiger partial charge on any atom is -0.444 e. The van der Waals surface area contributed by atoms with E-state index in [2.05, 4.69) is 15.3 Å². The molecule has 18 heavy (non-hydrogen) atoms. The highest BCUT2D eigenvalue weighted by atomic mass is 16.6. The van der Waals surface area contributed by atoms with Gasteiger partial charge in [-0.2, -0.15) is 0 Å². The number of hydrogen-bond acceptors (Lipinski definition) is 4. The van der Waals surface area contributed by atoms with Crippen molar-refractivity contribution in [2.75, 3.05) is 0 Å². The lowest BCUT2D eigenvalue weighted by Crippen LogP contribution is -2.44. The number of aryl methyl sites for hydroxylation is 1. The quantitative estimate of drug-likeness (QED) is 0.877. The van der Waals surface area contributed by atoms with Gasteiger partial charge in [-0.1, -0.05) is 0 Å². The number of nitrogens with zero attached hydrogens (tertiary/aromatic N) is 2. The average molecular weight is 251 g/mol. The van der Waals surface area contributed by atoms with E-state index in [9.17, 15) is 4.79 Å². The van der Waals surface area contributed by atoms with E-state index in [4.69, 9.17) is 4.74 Å². The molecule has 0 saturated heterocycles. The molecule has 0 aliphatic rings. The number of rotatable bonds is 2. The summed E-state index contributed by atoms with van der Waals surface area (Å²) in [5.74, 6) is 0.563. The van der Waals surface area contributed by atoms with E-state index in [1.807, 2.05) is 47.6 Å². The van der Waals surface area contributed by atoms with Crippen molar-refractivity contribution in [2.45, 2.75) is 52.7 Å². The fourth-order valence-electron chi connectivity index (χ4n) is 1.36. The molecule has 1 aromatic heterocycles. The van der Waals surface area contributed by atoms with Gasteiger partial charge in [0.05, 0.1) is 5.54 Å². The number of carbonyl (C=O) groups excluding carboxylic acids is 1. The molecular weight excluding hydrogens is 230 g/mol. The van der Waals surface area contributed by atoms with Crippen LogP contribution in [0.3, 0.4) is 0 Å². The lowest BCUT2D eigenvalue weighted by molar-refractivity contribution is 0.0466. The van der Waals surface area contributed by atoms with E-state index in [0.717, 1.165) is 5.69 Å². The normalized spacial score (nSPS) is 12.1. The number of amides is 1. The van der Waals surface area contributed by atoms with Gasteiger partial charge < -0.3 is 10.1 Å². The van der Waals surface area contributed by atoms with E-state index in [-0.39, 0.29) is 0 Å². The van der Waals surface area contributed by atoms with Gasteiger partial charge in [0.15, 0.2) is 5.82 Å². The van der Waals surface area contributed by atoms with Crippen LogP contribution in [0.25, 0.3) is 0 Å².